The van der Waals surface area contributed by atoms with Crippen LogP contribution in [0.4, 0.5) is 0 Å². The SMILES string of the molecule is CNC(c1cccc(C2CCC2)c1)C1CN(C)CCO1. The van der Waals surface area contributed by atoms with Crippen LogP contribution in [0.25, 0.3) is 0 Å². The van der Waals surface area contributed by atoms with Gasteiger partial charge in [-0.1, -0.05) is 30.7 Å². The lowest BCUT2D eigenvalue weighted by Gasteiger charge is -2.35. The van der Waals surface area contributed by atoms with Crippen LogP contribution < -0.4 is 5.32 Å². The third-order valence-corrected chi connectivity index (χ3v) is 4.83. The quantitative estimate of drug-likeness (QED) is 0.913. The van der Waals surface area contributed by atoms with Gasteiger partial charge in [-0.05, 0) is 44.0 Å². The predicted octanol–water partition coefficient (Wildman–Crippen LogP) is 2.55. The Morgan fingerprint density at radius 3 is 2.85 bits per heavy atom. The first-order chi connectivity index (χ1) is 9.78. The van der Waals surface area contributed by atoms with E-state index in [4.69, 9.17) is 4.74 Å². The number of ether oxygens (including phenoxy) is 1. The predicted molar refractivity (Wildman–Crippen MR) is 82.1 cm³/mol. The van der Waals surface area contributed by atoms with Gasteiger partial charge < -0.3 is 15.0 Å². The van der Waals surface area contributed by atoms with Crippen LogP contribution in [0.3, 0.4) is 0 Å². The highest BCUT2D eigenvalue weighted by Crippen LogP contribution is 2.37. The molecule has 1 saturated heterocycles. The van der Waals surface area contributed by atoms with Crippen molar-refractivity contribution in [2.24, 2.45) is 0 Å². The Balaban J connectivity index is 1.77. The van der Waals surface area contributed by atoms with Crippen molar-refractivity contribution in [1.29, 1.82) is 0 Å². The van der Waals surface area contributed by atoms with Crippen molar-refractivity contribution in [2.45, 2.75) is 37.3 Å². The molecule has 0 bridgehead atoms. The van der Waals surface area contributed by atoms with Gasteiger partial charge in [0.1, 0.15) is 0 Å². The Labute approximate surface area is 122 Å². The van der Waals surface area contributed by atoms with Crippen LogP contribution in [0.15, 0.2) is 24.3 Å². The zero-order chi connectivity index (χ0) is 13.9. The maximum absolute atomic E-state index is 5.99. The normalized spacial score (nSPS) is 26.2. The number of benzene rings is 1. The molecule has 3 rings (SSSR count). The van der Waals surface area contributed by atoms with Crippen molar-refractivity contribution in [3.8, 4) is 0 Å². The topological polar surface area (TPSA) is 24.5 Å². The summed E-state index contributed by atoms with van der Waals surface area (Å²) in [6.07, 6.45) is 4.35. The first kappa shape index (κ1) is 14.1. The Bertz CT molecular complexity index is 444. The molecule has 1 aliphatic heterocycles. The molecule has 0 radical (unpaired) electrons. The smallest absolute Gasteiger partial charge is 0.0896 e. The molecular weight excluding hydrogens is 248 g/mol. The van der Waals surface area contributed by atoms with E-state index in [1.807, 2.05) is 7.05 Å². The molecule has 1 N–H and O–H groups in total. The van der Waals surface area contributed by atoms with Crippen LogP contribution in [0.2, 0.25) is 0 Å². The number of likely N-dealkylation sites (N-methyl/N-ethyl adjacent to an activating group) is 2. The van der Waals surface area contributed by atoms with E-state index in [-0.39, 0.29) is 12.1 Å². The maximum Gasteiger partial charge on any atom is 0.0896 e. The molecule has 2 aliphatic rings. The van der Waals surface area contributed by atoms with E-state index in [0.29, 0.717) is 0 Å². The Kier molecular flexibility index (Phi) is 4.39. The summed E-state index contributed by atoms with van der Waals surface area (Å²) in [6, 6.07) is 9.41. The van der Waals surface area contributed by atoms with Crippen molar-refractivity contribution in [3.63, 3.8) is 0 Å². The standard InChI is InChI=1S/C17H26N2O/c1-18-17(16-12-19(2)9-10-20-16)15-8-4-7-14(11-15)13-5-3-6-13/h4,7-8,11,13,16-18H,3,5-6,9-10,12H2,1-2H3. The Morgan fingerprint density at radius 1 is 1.35 bits per heavy atom. The minimum Gasteiger partial charge on any atom is -0.374 e. The molecule has 1 aromatic rings. The van der Waals surface area contributed by atoms with E-state index < -0.39 is 0 Å². The van der Waals surface area contributed by atoms with Gasteiger partial charge in [0, 0.05) is 13.1 Å². The van der Waals surface area contributed by atoms with E-state index >= 15 is 0 Å². The van der Waals surface area contributed by atoms with E-state index in [2.05, 4.69) is 41.5 Å². The van der Waals surface area contributed by atoms with Crippen LogP contribution in [0.5, 0.6) is 0 Å². The number of nitrogens with zero attached hydrogens (tertiary/aromatic N) is 1. The summed E-state index contributed by atoms with van der Waals surface area (Å²) in [5, 5.41) is 3.46. The van der Waals surface area contributed by atoms with Gasteiger partial charge in [0.25, 0.3) is 0 Å². The molecule has 0 spiro atoms. The third kappa shape index (κ3) is 2.90. The highest BCUT2D eigenvalue weighted by atomic mass is 16.5. The van der Waals surface area contributed by atoms with E-state index in [0.717, 1.165) is 25.6 Å². The monoisotopic (exact) mass is 274 g/mol. The molecule has 3 nitrogen and oxygen atoms in total. The highest BCUT2D eigenvalue weighted by molar-refractivity contribution is 5.30. The molecule has 1 aromatic carbocycles. The van der Waals surface area contributed by atoms with E-state index in [1.165, 1.54) is 30.4 Å². The summed E-state index contributed by atoms with van der Waals surface area (Å²) in [7, 11) is 4.21. The largest absolute Gasteiger partial charge is 0.374 e. The van der Waals surface area contributed by atoms with Gasteiger partial charge in [-0.3, -0.25) is 0 Å². The zero-order valence-corrected chi connectivity index (χ0v) is 12.6. The second-order valence-electron chi connectivity index (χ2n) is 6.24. The number of rotatable bonds is 4. The van der Waals surface area contributed by atoms with Crippen LogP contribution >= 0.6 is 0 Å². The van der Waals surface area contributed by atoms with Crippen molar-refractivity contribution in [2.75, 3.05) is 33.8 Å². The van der Waals surface area contributed by atoms with Gasteiger partial charge in [-0.25, -0.2) is 0 Å². The minimum absolute atomic E-state index is 0.246. The lowest BCUT2D eigenvalue weighted by Crippen LogP contribution is -2.46. The zero-order valence-electron chi connectivity index (χ0n) is 12.6. The molecule has 0 amide bonds. The van der Waals surface area contributed by atoms with Crippen molar-refractivity contribution in [3.05, 3.63) is 35.4 Å². The average Bonchev–Trinajstić information content (AvgIpc) is 2.38. The van der Waals surface area contributed by atoms with Crippen molar-refractivity contribution in [1.82, 2.24) is 10.2 Å². The van der Waals surface area contributed by atoms with Gasteiger partial charge in [0.15, 0.2) is 0 Å². The molecule has 1 aliphatic carbocycles. The van der Waals surface area contributed by atoms with Crippen LogP contribution in [-0.2, 0) is 4.74 Å². The van der Waals surface area contributed by atoms with Crippen LogP contribution in [0.1, 0.15) is 42.3 Å². The number of nitrogens with one attached hydrogen (secondary N) is 1. The molecule has 1 saturated carbocycles. The summed E-state index contributed by atoms with van der Waals surface area (Å²) < 4.78 is 5.99. The fraction of sp³-hybridized carbons (Fsp3) is 0.647. The molecule has 0 aromatic heterocycles. The number of hydrogen-bond donors (Lipinski definition) is 1. The highest BCUT2D eigenvalue weighted by Gasteiger charge is 2.28. The van der Waals surface area contributed by atoms with Gasteiger partial charge in [0.2, 0.25) is 0 Å². The lowest BCUT2D eigenvalue weighted by molar-refractivity contribution is -0.0380. The molecule has 2 unspecified atom stereocenters. The van der Waals surface area contributed by atoms with Gasteiger partial charge in [0.05, 0.1) is 18.8 Å². The molecule has 2 fully saturated rings. The third-order valence-electron chi connectivity index (χ3n) is 4.83. The van der Waals surface area contributed by atoms with Gasteiger partial charge in [-0.2, -0.15) is 0 Å². The molecule has 3 heteroatoms. The summed E-state index contributed by atoms with van der Waals surface area (Å²) in [4.78, 5) is 2.36. The fourth-order valence-corrected chi connectivity index (χ4v) is 3.33. The lowest BCUT2D eigenvalue weighted by atomic mass is 9.79. The Morgan fingerprint density at radius 2 is 2.20 bits per heavy atom. The Hall–Kier alpha value is -0.900. The van der Waals surface area contributed by atoms with Gasteiger partial charge >= 0.3 is 0 Å². The minimum atomic E-state index is 0.246. The van der Waals surface area contributed by atoms with Crippen molar-refractivity contribution < 1.29 is 4.74 Å². The molecular formula is C17H26N2O. The summed E-state index contributed by atoms with van der Waals surface area (Å²) >= 11 is 0. The van der Waals surface area contributed by atoms with E-state index in [1.54, 1.807) is 0 Å². The fourth-order valence-electron chi connectivity index (χ4n) is 3.33. The first-order valence-corrected chi connectivity index (χ1v) is 7.85. The summed E-state index contributed by atoms with van der Waals surface area (Å²) in [5.41, 5.74) is 2.88. The number of hydrogen-bond acceptors (Lipinski definition) is 3. The second kappa shape index (κ2) is 6.25. The summed E-state index contributed by atoms with van der Waals surface area (Å²) in [5.74, 6) is 0.794. The van der Waals surface area contributed by atoms with Crippen molar-refractivity contribution >= 4 is 0 Å². The van der Waals surface area contributed by atoms with Gasteiger partial charge in [-0.15, -0.1) is 0 Å². The van der Waals surface area contributed by atoms with Crippen LogP contribution in [0, 0.1) is 0 Å². The molecule has 2 atom stereocenters. The average molecular weight is 274 g/mol. The second-order valence-corrected chi connectivity index (χ2v) is 6.24. The molecule has 110 valence electrons. The first-order valence-electron chi connectivity index (χ1n) is 7.85. The molecule has 20 heavy (non-hydrogen) atoms. The molecule has 1 heterocycles. The van der Waals surface area contributed by atoms with E-state index in [9.17, 15) is 0 Å². The number of morpholine rings is 1. The maximum atomic E-state index is 5.99. The van der Waals surface area contributed by atoms with Crippen LogP contribution in [-0.4, -0.2) is 44.8 Å². The summed E-state index contributed by atoms with van der Waals surface area (Å²) in [6.45, 7) is 2.87.